The fraction of sp³-hybridized carbons (Fsp3) is 0.412. The van der Waals surface area contributed by atoms with Crippen molar-refractivity contribution >= 4 is 32.9 Å². The first-order valence-electron chi connectivity index (χ1n) is 8.44. The predicted octanol–water partition coefficient (Wildman–Crippen LogP) is 2.27. The molecule has 27 heavy (non-hydrogen) atoms. The molecule has 1 atom stereocenters. The number of nitrogens with zero attached hydrogens (tertiary/aromatic N) is 2. The van der Waals surface area contributed by atoms with E-state index in [1.54, 1.807) is 6.92 Å². The van der Waals surface area contributed by atoms with Crippen molar-refractivity contribution in [2.24, 2.45) is 0 Å². The van der Waals surface area contributed by atoms with E-state index in [-0.39, 0.29) is 19.8 Å². The van der Waals surface area contributed by atoms with Crippen LogP contribution < -0.4 is 14.2 Å². The Morgan fingerprint density at radius 3 is 2.44 bits per heavy atom. The quantitative estimate of drug-likeness (QED) is 0.455. The molecule has 0 aliphatic rings. The summed E-state index contributed by atoms with van der Waals surface area (Å²) in [6.45, 7) is 4.52. The average molecular weight is 461 g/mol. The third-order valence-electron chi connectivity index (χ3n) is 2.95. The van der Waals surface area contributed by atoms with Crippen LogP contribution in [0, 0.1) is 0 Å². The lowest BCUT2D eigenvalue weighted by Crippen LogP contribution is -2.24. The van der Waals surface area contributed by atoms with Crippen molar-refractivity contribution in [3.63, 3.8) is 0 Å². The Labute approximate surface area is 170 Å². The van der Waals surface area contributed by atoms with E-state index < -0.39 is 11.2 Å². The molecule has 8 nitrogen and oxygen atoms in total. The third kappa shape index (κ3) is 8.31. The first kappa shape index (κ1) is 23.4. The summed E-state index contributed by atoms with van der Waals surface area (Å²) in [5.74, 6) is 0.707. The molecule has 2 aromatic rings. The molecule has 0 amide bonds. The topological polar surface area (TPSA) is 117 Å². The summed E-state index contributed by atoms with van der Waals surface area (Å²) in [6.07, 6.45) is 2.19. The molecule has 0 aliphatic heterocycles. The maximum atomic E-state index is 12.1. The molecule has 0 saturated heterocycles. The lowest BCUT2D eigenvalue weighted by atomic mass is 10.1. The minimum atomic E-state index is -1.48. The Balaban J connectivity index is 0.00000114. The van der Waals surface area contributed by atoms with Crippen molar-refractivity contribution in [2.45, 2.75) is 20.3 Å². The molecule has 10 heteroatoms. The van der Waals surface area contributed by atoms with Gasteiger partial charge in [-0.1, -0.05) is 35.0 Å². The van der Waals surface area contributed by atoms with Crippen molar-refractivity contribution in [3.05, 3.63) is 35.1 Å². The predicted molar refractivity (Wildman–Crippen MR) is 111 cm³/mol. The number of aromatic nitrogens is 2. The fourth-order valence-corrected chi connectivity index (χ4v) is 2.95. The van der Waals surface area contributed by atoms with Gasteiger partial charge in [-0.3, -0.25) is 4.72 Å². The van der Waals surface area contributed by atoms with E-state index in [0.717, 1.165) is 16.5 Å². The summed E-state index contributed by atoms with van der Waals surface area (Å²) < 4.78 is 24.2. The minimum Gasteiger partial charge on any atom is -0.475 e. The van der Waals surface area contributed by atoms with E-state index in [0.29, 0.717) is 23.8 Å². The van der Waals surface area contributed by atoms with E-state index in [1.807, 2.05) is 31.2 Å². The Morgan fingerprint density at radius 1 is 1.19 bits per heavy atom. The van der Waals surface area contributed by atoms with Gasteiger partial charge in [-0.25, -0.2) is 18.9 Å². The molecular formula is C17H25BrN4O4S. The number of benzene rings is 1. The molecule has 4 N–H and O–H groups in total. The number of aliphatic hydroxyl groups is 2. The SMILES string of the molecule is CCCNS(=O)Nc1ncnc(OCCO)c1-c1ccc(Br)cc1.CCO. The van der Waals surface area contributed by atoms with Crippen LogP contribution in [0.3, 0.4) is 0 Å². The smallest absolute Gasteiger partial charge is 0.226 e. The van der Waals surface area contributed by atoms with Gasteiger partial charge in [0.15, 0.2) is 17.0 Å². The molecule has 1 aromatic carbocycles. The molecule has 0 bridgehead atoms. The zero-order valence-electron chi connectivity index (χ0n) is 15.3. The Bertz CT molecular complexity index is 704. The van der Waals surface area contributed by atoms with Crippen molar-refractivity contribution in [2.75, 3.05) is 31.1 Å². The molecule has 0 fully saturated rings. The highest BCUT2D eigenvalue weighted by molar-refractivity contribution is 9.10. The lowest BCUT2D eigenvalue weighted by molar-refractivity contribution is 0.197. The lowest BCUT2D eigenvalue weighted by Gasteiger charge is -2.14. The molecule has 0 radical (unpaired) electrons. The highest BCUT2D eigenvalue weighted by atomic mass is 79.9. The fourth-order valence-electron chi connectivity index (χ4n) is 1.89. The molecular weight excluding hydrogens is 436 g/mol. The summed E-state index contributed by atoms with van der Waals surface area (Å²) in [7, 11) is 0. The van der Waals surface area contributed by atoms with E-state index >= 15 is 0 Å². The monoisotopic (exact) mass is 460 g/mol. The molecule has 0 aliphatic carbocycles. The van der Waals surface area contributed by atoms with Crippen molar-refractivity contribution in [1.82, 2.24) is 14.7 Å². The van der Waals surface area contributed by atoms with Gasteiger partial charge in [0.2, 0.25) is 5.88 Å². The van der Waals surface area contributed by atoms with Gasteiger partial charge in [-0.05, 0) is 31.0 Å². The molecule has 150 valence electrons. The maximum Gasteiger partial charge on any atom is 0.226 e. The number of hydrogen-bond acceptors (Lipinski definition) is 6. The van der Waals surface area contributed by atoms with Crippen LogP contribution in [0.4, 0.5) is 5.82 Å². The van der Waals surface area contributed by atoms with Crippen LogP contribution in [0.25, 0.3) is 11.1 Å². The number of rotatable bonds is 9. The van der Waals surface area contributed by atoms with Crippen molar-refractivity contribution in [3.8, 4) is 17.0 Å². The number of anilines is 1. The van der Waals surface area contributed by atoms with Crippen LogP contribution in [0.5, 0.6) is 5.88 Å². The van der Waals surface area contributed by atoms with Gasteiger partial charge in [-0.15, -0.1) is 0 Å². The minimum absolute atomic E-state index is 0.108. The van der Waals surface area contributed by atoms with Crippen LogP contribution in [-0.2, 0) is 11.2 Å². The first-order chi connectivity index (χ1) is 13.1. The number of aliphatic hydroxyl groups excluding tert-OH is 2. The van der Waals surface area contributed by atoms with Gasteiger partial charge in [0.1, 0.15) is 12.9 Å². The summed E-state index contributed by atoms with van der Waals surface area (Å²) in [4.78, 5) is 8.31. The van der Waals surface area contributed by atoms with E-state index in [2.05, 4.69) is 35.3 Å². The van der Waals surface area contributed by atoms with E-state index in [9.17, 15) is 4.21 Å². The largest absolute Gasteiger partial charge is 0.475 e. The third-order valence-corrected chi connectivity index (χ3v) is 4.32. The molecule has 0 saturated carbocycles. The Hall–Kier alpha value is -1.59. The van der Waals surface area contributed by atoms with Crippen LogP contribution in [0.2, 0.25) is 0 Å². The van der Waals surface area contributed by atoms with Crippen molar-refractivity contribution in [1.29, 1.82) is 0 Å². The van der Waals surface area contributed by atoms with Gasteiger partial charge in [-0.2, -0.15) is 0 Å². The molecule has 0 spiro atoms. The summed E-state index contributed by atoms with van der Waals surface area (Å²) in [5, 5.41) is 16.6. The van der Waals surface area contributed by atoms with Crippen LogP contribution in [0.1, 0.15) is 20.3 Å². The Kier molecular flexibility index (Phi) is 11.8. The van der Waals surface area contributed by atoms with Gasteiger partial charge < -0.3 is 14.9 Å². The highest BCUT2D eigenvalue weighted by Crippen LogP contribution is 2.34. The summed E-state index contributed by atoms with van der Waals surface area (Å²) in [5.41, 5.74) is 1.40. The summed E-state index contributed by atoms with van der Waals surface area (Å²) >= 11 is 1.92. The zero-order chi connectivity index (χ0) is 20.1. The number of hydrogen-bond donors (Lipinski definition) is 4. The van der Waals surface area contributed by atoms with Crippen LogP contribution >= 0.6 is 15.9 Å². The maximum absolute atomic E-state index is 12.1. The van der Waals surface area contributed by atoms with Crippen molar-refractivity contribution < 1.29 is 19.2 Å². The second-order valence-corrected chi connectivity index (χ2v) is 7.01. The second kappa shape index (κ2) is 13.6. The number of nitrogens with one attached hydrogen (secondary N) is 2. The standard InChI is InChI=1S/C15H19BrN4O3S.C2H6O/c1-2-7-19-24(22)20-14-13(11-3-5-12(16)6-4-11)15(18-10-17-14)23-9-8-21;1-2-3/h3-6,10,19,21H,2,7-9H2,1H3,(H,17,18,20);3H,2H2,1H3. The summed E-state index contributed by atoms with van der Waals surface area (Å²) in [6, 6.07) is 7.52. The average Bonchev–Trinajstić information content (AvgIpc) is 2.66. The van der Waals surface area contributed by atoms with Crippen LogP contribution in [0.15, 0.2) is 35.1 Å². The molecule has 1 heterocycles. The second-order valence-electron chi connectivity index (χ2n) is 5.06. The molecule has 1 unspecified atom stereocenters. The molecule has 2 rings (SSSR count). The molecule has 1 aromatic heterocycles. The van der Waals surface area contributed by atoms with Crippen LogP contribution in [-0.4, -0.2) is 50.8 Å². The van der Waals surface area contributed by atoms with Gasteiger partial charge in [0.05, 0.1) is 12.2 Å². The highest BCUT2D eigenvalue weighted by Gasteiger charge is 2.16. The van der Waals surface area contributed by atoms with E-state index in [1.165, 1.54) is 6.33 Å². The normalized spacial score (nSPS) is 11.3. The van der Waals surface area contributed by atoms with Gasteiger partial charge in [0.25, 0.3) is 0 Å². The van der Waals surface area contributed by atoms with E-state index in [4.69, 9.17) is 14.9 Å². The zero-order valence-corrected chi connectivity index (χ0v) is 17.7. The number of ether oxygens (including phenoxy) is 1. The number of halogens is 1. The Morgan fingerprint density at radius 2 is 1.85 bits per heavy atom. The van der Waals surface area contributed by atoms with Gasteiger partial charge >= 0.3 is 0 Å². The van der Waals surface area contributed by atoms with Gasteiger partial charge in [0, 0.05) is 17.6 Å². The first-order valence-corrected chi connectivity index (χ1v) is 10.4.